The zero-order chi connectivity index (χ0) is 15.3. The molecule has 0 bridgehead atoms. The van der Waals surface area contributed by atoms with Crippen LogP contribution in [0.2, 0.25) is 0 Å². The summed E-state index contributed by atoms with van der Waals surface area (Å²) in [6.07, 6.45) is 1.62. The van der Waals surface area contributed by atoms with Crippen LogP contribution < -0.4 is 4.72 Å². The van der Waals surface area contributed by atoms with Crippen molar-refractivity contribution in [3.63, 3.8) is 0 Å². The van der Waals surface area contributed by atoms with Gasteiger partial charge >= 0.3 is 0 Å². The Labute approximate surface area is 137 Å². The average Bonchev–Trinajstić information content (AvgIpc) is 2.33. The van der Waals surface area contributed by atoms with Gasteiger partial charge in [-0.25, -0.2) is 13.1 Å². The first kappa shape index (κ1) is 18.1. The molecule has 114 valence electrons. The van der Waals surface area contributed by atoms with E-state index in [1.165, 1.54) is 0 Å². The Morgan fingerprint density at radius 2 is 1.95 bits per heavy atom. The van der Waals surface area contributed by atoms with Crippen LogP contribution in [0.3, 0.4) is 0 Å². The van der Waals surface area contributed by atoms with E-state index in [-0.39, 0.29) is 10.9 Å². The van der Waals surface area contributed by atoms with E-state index in [1.54, 1.807) is 19.2 Å². The fourth-order valence-corrected chi connectivity index (χ4v) is 4.78. The normalized spacial score (nSPS) is 13.4. The standard InChI is InChI=1S/C13H19Br2NO3S/c1-4-5-10(8-19-3)16-20(17,18)13-7-11(14)9(2)6-12(13)15/h6-7,10,16H,4-5,8H2,1-3H3. The van der Waals surface area contributed by atoms with Crippen molar-refractivity contribution in [2.24, 2.45) is 0 Å². The molecule has 0 aliphatic rings. The van der Waals surface area contributed by atoms with Crippen molar-refractivity contribution in [1.82, 2.24) is 4.72 Å². The third-order valence-electron chi connectivity index (χ3n) is 2.83. The summed E-state index contributed by atoms with van der Waals surface area (Å²) in [5.41, 5.74) is 0.970. The summed E-state index contributed by atoms with van der Waals surface area (Å²) in [6.45, 7) is 4.27. The maximum absolute atomic E-state index is 12.5. The van der Waals surface area contributed by atoms with Gasteiger partial charge in [0.15, 0.2) is 0 Å². The highest BCUT2D eigenvalue weighted by atomic mass is 79.9. The van der Waals surface area contributed by atoms with Gasteiger partial charge in [-0.05, 0) is 47.0 Å². The summed E-state index contributed by atoms with van der Waals surface area (Å²) < 4.78 is 34.0. The number of hydrogen-bond acceptors (Lipinski definition) is 3. The number of nitrogens with one attached hydrogen (secondary N) is 1. The first-order valence-electron chi connectivity index (χ1n) is 6.28. The smallest absolute Gasteiger partial charge is 0.242 e. The number of halogens is 2. The van der Waals surface area contributed by atoms with Crippen molar-refractivity contribution >= 4 is 41.9 Å². The minimum absolute atomic E-state index is 0.220. The minimum atomic E-state index is -3.58. The highest BCUT2D eigenvalue weighted by Gasteiger charge is 2.22. The molecule has 0 aromatic heterocycles. The average molecular weight is 429 g/mol. The molecule has 0 heterocycles. The van der Waals surface area contributed by atoms with E-state index in [2.05, 4.69) is 36.6 Å². The van der Waals surface area contributed by atoms with Crippen LogP contribution in [0.15, 0.2) is 26.0 Å². The summed E-state index contributed by atoms with van der Waals surface area (Å²) in [7, 11) is -2.02. The van der Waals surface area contributed by atoms with Crippen LogP contribution in [0.4, 0.5) is 0 Å². The van der Waals surface area contributed by atoms with E-state index in [4.69, 9.17) is 4.74 Å². The molecule has 7 heteroatoms. The molecule has 1 N–H and O–H groups in total. The Hall–Kier alpha value is 0.0500. The van der Waals surface area contributed by atoms with Crippen molar-refractivity contribution in [1.29, 1.82) is 0 Å². The summed E-state index contributed by atoms with van der Waals surface area (Å²) in [5.74, 6) is 0. The van der Waals surface area contributed by atoms with Gasteiger partial charge in [0.2, 0.25) is 10.0 Å². The van der Waals surface area contributed by atoms with Crippen LogP contribution in [-0.4, -0.2) is 28.2 Å². The van der Waals surface area contributed by atoms with Gasteiger partial charge in [-0.3, -0.25) is 0 Å². The predicted octanol–water partition coefficient (Wildman–Crippen LogP) is 3.61. The van der Waals surface area contributed by atoms with Crippen molar-refractivity contribution in [2.75, 3.05) is 13.7 Å². The van der Waals surface area contributed by atoms with Crippen molar-refractivity contribution in [2.45, 2.75) is 37.6 Å². The van der Waals surface area contributed by atoms with E-state index in [1.807, 2.05) is 13.8 Å². The second-order valence-corrected chi connectivity index (χ2v) is 7.99. The quantitative estimate of drug-likeness (QED) is 0.721. The molecule has 4 nitrogen and oxygen atoms in total. The molecule has 0 amide bonds. The fraction of sp³-hybridized carbons (Fsp3) is 0.538. The molecule has 0 aliphatic heterocycles. The number of methoxy groups -OCH3 is 1. The molecule has 0 saturated carbocycles. The molecule has 20 heavy (non-hydrogen) atoms. The largest absolute Gasteiger partial charge is 0.383 e. The number of hydrogen-bond donors (Lipinski definition) is 1. The zero-order valence-corrected chi connectivity index (χ0v) is 15.7. The molecule has 1 aromatic rings. The van der Waals surface area contributed by atoms with Gasteiger partial charge in [-0.2, -0.15) is 0 Å². The zero-order valence-electron chi connectivity index (χ0n) is 11.7. The molecular formula is C13H19Br2NO3S. The van der Waals surface area contributed by atoms with E-state index in [9.17, 15) is 8.42 Å². The van der Waals surface area contributed by atoms with Gasteiger partial charge in [0.05, 0.1) is 11.5 Å². The maximum atomic E-state index is 12.5. The lowest BCUT2D eigenvalue weighted by atomic mass is 10.2. The van der Waals surface area contributed by atoms with Crippen molar-refractivity contribution in [3.05, 3.63) is 26.6 Å². The molecular weight excluding hydrogens is 410 g/mol. The summed E-state index contributed by atoms with van der Waals surface area (Å²) in [5, 5.41) is 0. The number of rotatable bonds is 7. The number of aryl methyl sites for hydroxylation is 1. The third kappa shape index (κ3) is 4.80. The molecule has 1 rings (SSSR count). The Balaban J connectivity index is 3.07. The summed E-state index contributed by atoms with van der Waals surface area (Å²) in [6, 6.07) is 3.17. The Morgan fingerprint density at radius 3 is 2.50 bits per heavy atom. The number of sulfonamides is 1. The van der Waals surface area contributed by atoms with Crippen LogP contribution in [0.1, 0.15) is 25.3 Å². The molecule has 1 unspecified atom stereocenters. The van der Waals surface area contributed by atoms with Crippen LogP contribution in [0.5, 0.6) is 0 Å². The van der Waals surface area contributed by atoms with Crippen LogP contribution in [0.25, 0.3) is 0 Å². The third-order valence-corrected chi connectivity index (χ3v) is 6.16. The predicted molar refractivity (Wildman–Crippen MR) is 87.5 cm³/mol. The van der Waals surface area contributed by atoms with Crippen molar-refractivity contribution < 1.29 is 13.2 Å². The van der Waals surface area contributed by atoms with Gasteiger partial charge in [0.1, 0.15) is 0 Å². The Kier molecular flexibility index (Phi) is 7.14. The molecule has 1 atom stereocenters. The van der Waals surface area contributed by atoms with E-state index in [0.717, 1.165) is 22.9 Å². The van der Waals surface area contributed by atoms with E-state index >= 15 is 0 Å². The lowest BCUT2D eigenvalue weighted by Crippen LogP contribution is -2.38. The Bertz CT molecular complexity index is 555. The first-order valence-corrected chi connectivity index (χ1v) is 9.35. The lowest BCUT2D eigenvalue weighted by Gasteiger charge is -2.18. The maximum Gasteiger partial charge on any atom is 0.242 e. The molecule has 0 aliphatic carbocycles. The summed E-state index contributed by atoms with van der Waals surface area (Å²) in [4.78, 5) is 0.229. The number of benzene rings is 1. The Morgan fingerprint density at radius 1 is 1.30 bits per heavy atom. The van der Waals surface area contributed by atoms with Gasteiger partial charge in [-0.1, -0.05) is 29.3 Å². The minimum Gasteiger partial charge on any atom is -0.383 e. The fourth-order valence-electron chi connectivity index (χ4n) is 1.84. The topological polar surface area (TPSA) is 55.4 Å². The summed E-state index contributed by atoms with van der Waals surface area (Å²) >= 11 is 6.68. The van der Waals surface area contributed by atoms with Crippen LogP contribution >= 0.6 is 31.9 Å². The monoisotopic (exact) mass is 427 g/mol. The van der Waals surface area contributed by atoms with Crippen LogP contribution in [-0.2, 0) is 14.8 Å². The number of ether oxygens (including phenoxy) is 1. The van der Waals surface area contributed by atoms with Crippen LogP contribution in [0, 0.1) is 6.92 Å². The first-order chi connectivity index (χ1) is 9.31. The van der Waals surface area contributed by atoms with Gasteiger partial charge in [0.25, 0.3) is 0 Å². The molecule has 1 aromatic carbocycles. The van der Waals surface area contributed by atoms with Gasteiger partial charge in [-0.15, -0.1) is 0 Å². The second kappa shape index (κ2) is 7.89. The molecule has 0 radical (unpaired) electrons. The highest BCUT2D eigenvalue weighted by molar-refractivity contribution is 9.11. The van der Waals surface area contributed by atoms with E-state index < -0.39 is 10.0 Å². The van der Waals surface area contributed by atoms with Gasteiger partial charge in [0, 0.05) is 22.1 Å². The molecule has 0 spiro atoms. The van der Waals surface area contributed by atoms with E-state index in [0.29, 0.717) is 11.1 Å². The highest BCUT2D eigenvalue weighted by Crippen LogP contribution is 2.29. The molecule has 0 saturated heterocycles. The lowest BCUT2D eigenvalue weighted by molar-refractivity contribution is 0.171. The van der Waals surface area contributed by atoms with Crippen molar-refractivity contribution in [3.8, 4) is 0 Å². The second-order valence-electron chi connectivity index (χ2n) is 4.59. The molecule has 0 fully saturated rings. The SMILES string of the molecule is CCCC(COC)NS(=O)(=O)c1cc(Br)c(C)cc1Br. The van der Waals surface area contributed by atoms with Gasteiger partial charge < -0.3 is 4.74 Å².